The predicted molar refractivity (Wildman–Crippen MR) is 156 cm³/mol. The molecule has 2 unspecified atom stereocenters. The number of hydrogen-bond acceptors (Lipinski definition) is 9. The molecule has 0 aromatic carbocycles. The molecule has 1 aliphatic heterocycles. The lowest BCUT2D eigenvalue weighted by Gasteiger charge is -2.60. The van der Waals surface area contributed by atoms with Crippen LogP contribution in [0.15, 0.2) is 28.2 Å². The fourth-order valence-corrected chi connectivity index (χ4v) is 9.99. The van der Waals surface area contributed by atoms with E-state index in [9.17, 15) is 30.3 Å². The molecule has 9 nitrogen and oxygen atoms in total. The highest BCUT2D eigenvalue weighted by atomic mass is 16.7. The van der Waals surface area contributed by atoms with Crippen LogP contribution in [0.25, 0.3) is 0 Å². The van der Waals surface area contributed by atoms with Crippen molar-refractivity contribution in [2.24, 2.45) is 40.4 Å². The summed E-state index contributed by atoms with van der Waals surface area (Å²) in [6.45, 7) is 10.2. The Hall–Kier alpha value is -1.59. The van der Waals surface area contributed by atoms with Gasteiger partial charge in [-0.25, -0.2) is 0 Å². The molecule has 0 radical (unpaired) electrons. The smallest absolute Gasteiger partial charge is 0.218 e. The number of furan rings is 1. The van der Waals surface area contributed by atoms with Crippen LogP contribution in [0.5, 0.6) is 0 Å². The Labute approximate surface area is 254 Å². The van der Waals surface area contributed by atoms with Crippen molar-refractivity contribution in [1.29, 1.82) is 0 Å². The van der Waals surface area contributed by atoms with Crippen LogP contribution < -0.4 is 0 Å². The van der Waals surface area contributed by atoms with Crippen LogP contribution in [0.1, 0.15) is 97.4 Å². The van der Waals surface area contributed by atoms with Crippen LogP contribution in [-0.4, -0.2) is 67.4 Å². The zero-order valence-electron chi connectivity index (χ0n) is 26.2. The molecule has 13 atom stereocenters. The molecular weight excluding hydrogens is 552 g/mol. The zero-order chi connectivity index (χ0) is 31.1. The molecule has 5 N–H and O–H groups in total. The van der Waals surface area contributed by atoms with E-state index in [1.165, 1.54) is 0 Å². The van der Waals surface area contributed by atoms with E-state index in [4.69, 9.17) is 13.9 Å². The molecule has 0 amide bonds. The van der Waals surface area contributed by atoms with Gasteiger partial charge < -0.3 is 39.4 Å². The number of ketones is 1. The summed E-state index contributed by atoms with van der Waals surface area (Å²) in [4.78, 5) is 13.6. The molecule has 43 heavy (non-hydrogen) atoms. The Morgan fingerprint density at radius 2 is 1.74 bits per heavy atom. The number of allylic oxidation sites excluding steroid dienone is 1. The highest BCUT2D eigenvalue weighted by Crippen LogP contribution is 2.70. The van der Waals surface area contributed by atoms with Crippen LogP contribution in [0.4, 0.5) is 0 Å². The molecule has 0 bridgehead atoms. The summed E-state index contributed by atoms with van der Waals surface area (Å²) in [6.07, 6.45) is 2.66. The molecule has 0 spiro atoms. The van der Waals surface area contributed by atoms with Crippen molar-refractivity contribution in [3.05, 3.63) is 35.3 Å². The summed E-state index contributed by atoms with van der Waals surface area (Å²) in [5.74, 6) is 0.535. The summed E-state index contributed by atoms with van der Waals surface area (Å²) in [6, 6.07) is 3.48. The van der Waals surface area contributed by atoms with Crippen molar-refractivity contribution in [2.75, 3.05) is 6.61 Å². The van der Waals surface area contributed by atoms with Gasteiger partial charge in [0.25, 0.3) is 0 Å². The minimum Gasteiger partial charge on any atom is -0.458 e. The number of fused-ring (bicyclic) bond motifs is 5. The molecule has 4 aliphatic carbocycles. The van der Waals surface area contributed by atoms with E-state index in [1.54, 1.807) is 18.2 Å². The minimum absolute atomic E-state index is 0.0586. The van der Waals surface area contributed by atoms with E-state index < -0.39 is 40.5 Å². The first-order valence-electron chi connectivity index (χ1n) is 16.2. The van der Waals surface area contributed by atoms with E-state index in [0.717, 1.165) is 18.4 Å². The third-order valence-electron chi connectivity index (χ3n) is 13.0. The third kappa shape index (κ3) is 4.55. The zero-order valence-corrected chi connectivity index (χ0v) is 26.2. The lowest BCUT2D eigenvalue weighted by Crippen LogP contribution is -2.62. The van der Waals surface area contributed by atoms with E-state index >= 15 is 0 Å². The predicted octanol–water partition coefficient (Wildman–Crippen LogP) is 3.80. The lowest BCUT2D eigenvalue weighted by atomic mass is 9.45. The number of hydrogen-bond donors (Lipinski definition) is 5. The van der Waals surface area contributed by atoms with Crippen molar-refractivity contribution in [3.63, 3.8) is 0 Å². The Bertz CT molecular complexity index is 1260. The van der Waals surface area contributed by atoms with Crippen molar-refractivity contribution in [3.8, 4) is 0 Å². The van der Waals surface area contributed by atoms with Gasteiger partial charge in [-0.1, -0.05) is 27.7 Å². The second kappa shape index (κ2) is 10.7. The summed E-state index contributed by atoms with van der Waals surface area (Å²) in [5, 5.41) is 53.3. The summed E-state index contributed by atoms with van der Waals surface area (Å²) >= 11 is 0. The number of rotatable bonds is 7. The van der Waals surface area contributed by atoms with Crippen molar-refractivity contribution in [1.82, 2.24) is 0 Å². The van der Waals surface area contributed by atoms with Crippen molar-refractivity contribution < 1.29 is 44.2 Å². The van der Waals surface area contributed by atoms with E-state index in [-0.39, 0.29) is 61.1 Å². The minimum atomic E-state index is -1.22. The van der Waals surface area contributed by atoms with E-state index in [2.05, 4.69) is 27.7 Å². The van der Waals surface area contributed by atoms with Crippen LogP contribution >= 0.6 is 0 Å². The molecule has 5 aliphatic rings. The van der Waals surface area contributed by atoms with Gasteiger partial charge in [0.1, 0.15) is 12.4 Å². The Morgan fingerprint density at radius 3 is 2.42 bits per heavy atom. The number of carbonyl (C=O) groups excluding carboxylic acids is 1. The molecule has 1 saturated heterocycles. The van der Waals surface area contributed by atoms with Crippen molar-refractivity contribution in [2.45, 2.75) is 122 Å². The maximum Gasteiger partial charge on any atom is 0.218 e. The number of carbonyl (C=O) groups is 1. The van der Waals surface area contributed by atoms with Gasteiger partial charge >= 0.3 is 0 Å². The van der Waals surface area contributed by atoms with Gasteiger partial charge in [-0.3, -0.25) is 4.79 Å². The summed E-state index contributed by atoms with van der Waals surface area (Å²) in [7, 11) is 0. The highest BCUT2D eigenvalue weighted by molar-refractivity contribution is 5.95. The number of ether oxygens (including phenoxy) is 2. The molecule has 4 fully saturated rings. The molecule has 6 rings (SSSR count). The van der Waals surface area contributed by atoms with Gasteiger partial charge in [-0.05, 0) is 105 Å². The topological polar surface area (TPSA) is 150 Å². The quantitative estimate of drug-likeness (QED) is 0.314. The first-order valence-corrected chi connectivity index (χ1v) is 16.2. The fourth-order valence-electron chi connectivity index (χ4n) is 9.99. The molecule has 1 aromatic heterocycles. The van der Waals surface area contributed by atoms with E-state index in [0.29, 0.717) is 37.2 Å². The Balaban J connectivity index is 1.36. The summed E-state index contributed by atoms with van der Waals surface area (Å²) < 4.78 is 19.3. The molecule has 1 aromatic rings. The molecule has 240 valence electrons. The van der Waals surface area contributed by atoms with Gasteiger partial charge in [0, 0.05) is 17.9 Å². The maximum atomic E-state index is 13.6. The van der Waals surface area contributed by atoms with Crippen LogP contribution in [0.2, 0.25) is 0 Å². The normalized spacial score (nSPS) is 47.4. The Morgan fingerprint density at radius 1 is 1.00 bits per heavy atom. The van der Waals surface area contributed by atoms with Crippen LogP contribution in [0.3, 0.4) is 0 Å². The van der Waals surface area contributed by atoms with Gasteiger partial charge in [0.05, 0.1) is 29.5 Å². The second-order valence-corrected chi connectivity index (χ2v) is 15.2. The highest BCUT2D eigenvalue weighted by Gasteiger charge is 2.71. The number of aliphatic hydroxyl groups excluding tert-OH is 4. The largest absolute Gasteiger partial charge is 0.458 e. The first kappa shape index (κ1) is 31.4. The number of aliphatic hydroxyl groups is 5. The van der Waals surface area contributed by atoms with Gasteiger partial charge in [-0.15, -0.1) is 0 Å². The Kier molecular flexibility index (Phi) is 7.85. The molecule has 2 heterocycles. The van der Waals surface area contributed by atoms with Gasteiger partial charge in [0.2, 0.25) is 6.29 Å². The van der Waals surface area contributed by atoms with Crippen LogP contribution in [0, 0.1) is 40.4 Å². The third-order valence-corrected chi connectivity index (χ3v) is 13.0. The fraction of sp³-hybridized carbons (Fsp3) is 0.794. The SMILES string of the molecule is CC(CO)C(C)C[C@H]1O[C@@H](c2ccc(CO)o2)O[C@]1(C)[C@H]1CC[C@@]2(O)C3=CC(=O)[C@@H]4C[C@@H](O)[C@@H](O)C[C@]4(C)[C@H]3CC[C@]12C. The van der Waals surface area contributed by atoms with Gasteiger partial charge in [-0.2, -0.15) is 0 Å². The monoisotopic (exact) mass is 602 g/mol. The van der Waals surface area contributed by atoms with Gasteiger partial charge in [0.15, 0.2) is 11.5 Å². The molecular formula is C34H50O9. The summed E-state index contributed by atoms with van der Waals surface area (Å²) in [5.41, 5.74) is -2.38. The van der Waals surface area contributed by atoms with Crippen molar-refractivity contribution >= 4 is 5.78 Å². The first-order chi connectivity index (χ1) is 20.2. The molecule has 3 saturated carbocycles. The second-order valence-electron chi connectivity index (χ2n) is 15.2. The average Bonchev–Trinajstić information content (AvgIpc) is 3.65. The lowest BCUT2D eigenvalue weighted by molar-refractivity contribution is -0.170. The standard InChI is InChI=1S/C34H50O9/c1-18(19(2)16-35)12-29-33(5,43-30(42-29)27-7-6-20(17-36)41-27)28-9-11-34(40)22-13-24(37)23-14-25(38)26(39)15-31(23,3)21(22)8-10-32(28,34)4/h6-7,13,18-19,21,23,25-26,28-30,35-36,38-40H,8-12,14-17H2,1-5H3/t18?,19?,21-,23-,25+,26-,28-,29+,30+,31+,32+,33+,34+/m0/s1. The van der Waals surface area contributed by atoms with Crippen LogP contribution in [-0.2, 0) is 20.9 Å². The average molecular weight is 603 g/mol. The van der Waals surface area contributed by atoms with E-state index in [1.807, 2.05) is 6.92 Å². The molecule has 9 heteroatoms. The maximum absolute atomic E-state index is 13.6.